The van der Waals surface area contributed by atoms with Crippen LogP contribution in [0.3, 0.4) is 0 Å². The summed E-state index contributed by atoms with van der Waals surface area (Å²) in [6, 6.07) is 2.41. The Morgan fingerprint density at radius 3 is 2.82 bits per heavy atom. The first-order chi connectivity index (χ1) is 8.06. The summed E-state index contributed by atoms with van der Waals surface area (Å²) < 4.78 is 5.83. The molecule has 2 nitrogen and oxygen atoms in total. The summed E-state index contributed by atoms with van der Waals surface area (Å²) >= 11 is 6.34. The van der Waals surface area contributed by atoms with Crippen molar-refractivity contribution in [2.24, 2.45) is 5.92 Å². The topological polar surface area (TPSA) is 21.3 Å². The number of hydrogen-bond acceptors (Lipinski definition) is 2. The van der Waals surface area contributed by atoms with Gasteiger partial charge in [-0.25, -0.2) is 0 Å². The molecule has 0 radical (unpaired) electrons. The van der Waals surface area contributed by atoms with E-state index < -0.39 is 0 Å². The lowest BCUT2D eigenvalue weighted by molar-refractivity contribution is 0.189. The molecule has 1 aromatic rings. The van der Waals surface area contributed by atoms with E-state index in [2.05, 4.69) is 32.2 Å². The van der Waals surface area contributed by atoms with Gasteiger partial charge >= 0.3 is 0 Å². The summed E-state index contributed by atoms with van der Waals surface area (Å²) in [6.45, 7) is 10.2. The zero-order valence-electron chi connectivity index (χ0n) is 10.9. The summed E-state index contributed by atoms with van der Waals surface area (Å²) in [6.07, 6.45) is 0. The lowest BCUT2D eigenvalue weighted by Crippen LogP contribution is -2.34. The maximum absolute atomic E-state index is 6.34. The second kappa shape index (κ2) is 4.87. The number of benzene rings is 1. The molecule has 0 fully saturated rings. The summed E-state index contributed by atoms with van der Waals surface area (Å²) in [4.78, 5) is 0. The third kappa shape index (κ3) is 2.16. The van der Waals surface area contributed by atoms with Crippen molar-refractivity contribution in [1.29, 1.82) is 0 Å². The van der Waals surface area contributed by atoms with Crippen molar-refractivity contribution in [2.75, 3.05) is 13.2 Å². The molecule has 2 unspecified atom stereocenters. The van der Waals surface area contributed by atoms with Crippen LogP contribution in [0.15, 0.2) is 6.07 Å². The van der Waals surface area contributed by atoms with Crippen LogP contribution in [0.4, 0.5) is 0 Å². The summed E-state index contributed by atoms with van der Waals surface area (Å²) in [5.41, 5.74) is 3.48. The Labute approximate surface area is 108 Å². The van der Waals surface area contributed by atoms with E-state index in [-0.39, 0.29) is 0 Å². The van der Waals surface area contributed by atoms with Gasteiger partial charge in [0.05, 0.1) is 6.61 Å². The number of ether oxygens (including phenoxy) is 1. The standard InChI is InChI=1S/C14H20ClNO/c1-5-16-14-9(3)7-17-11-6-8(2)13(15)10(4)12(11)14/h6,9,14,16H,5,7H2,1-4H3. The van der Waals surface area contributed by atoms with Crippen LogP contribution in [0.2, 0.25) is 5.02 Å². The lowest BCUT2D eigenvalue weighted by atomic mass is 9.88. The van der Waals surface area contributed by atoms with Gasteiger partial charge < -0.3 is 10.1 Å². The normalized spacial score (nSPS) is 23.1. The van der Waals surface area contributed by atoms with Crippen molar-refractivity contribution in [3.8, 4) is 5.75 Å². The molecule has 3 heteroatoms. The average molecular weight is 254 g/mol. The first-order valence-electron chi connectivity index (χ1n) is 6.22. The number of nitrogens with one attached hydrogen (secondary N) is 1. The Balaban J connectivity index is 2.54. The minimum atomic E-state index is 0.349. The lowest BCUT2D eigenvalue weighted by Gasteiger charge is -2.34. The molecule has 2 rings (SSSR count). The monoisotopic (exact) mass is 253 g/mol. The molecule has 0 saturated carbocycles. The molecule has 0 spiro atoms. The molecule has 0 amide bonds. The Bertz CT molecular complexity index is 431. The maximum Gasteiger partial charge on any atom is 0.124 e. The van der Waals surface area contributed by atoms with E-state index in [9.17, 15) is 0 Å². The van der Waals surface area contributed by atoms with Gasteiger partial charge in [0.2, 0.25) is 0 Å². The van der Waals surface area contributed by atoms with Gasteiger partial charge in [0.1, 0.15) is 5.75 Å². The molecule has 1 aliphatic rings. The van der Waals surface area contributed by atoms with Gasteiger partial charge in [-0.05, 0) is 37.6 Å². The average Bonchev–Trinajstić information content (AvgIpc) is 2.30. The molecule has 2 atom stereocenters. The number of halogens is 1. The van der Waals surface area contributed by atoms with Crippen LogP contribution in [-0.4, -0.2) is 13.2 Å². The van der Waals surface area contributed by atoms with E-state index in [4.69, 9.17) is 16.3 Å². The first-order valence-corrected chi connectivity index (χ1v) is 6.59. The van der Waals surface area contributed by atoms with E-state index in [0.29, 0.717) is 12.0 Å². The molecular weight excluding hydrogens is 234 g/mol. The number of aryl methyl sites for hydroxylation is 1. The van der Waals surface area contributed by atoms with Crippen LogP contribution in [0.1, 0.15) is 36.6 Å². The van der Waals surface area contributed by atoms with Crippen molar-refractivity contribution in [3.63, 3.8) is 0 Å². The fraction of sp³-hybridized carbons (Fsp3) is 0.571. The van der Waals surface area contributed by atoms with E-state index in [0.717, 1.165) is 35.1 Å². The molecule has 1 aromatic carbocycles. The van der Waals surface area contributed by atoms with Crippen molar-refractivity contribution in [2.45, 2.75) is 33.7 Å². The Morgan fingerprint density at radius 2 is 2.18 bits per heavy atom. The van der Waals surface area contributed by atoms with Crippen molar-refractivity contribution in [1.82, 2.24) is 5.32 Å². The minimum Gasteiger partial charge on any atom is -0.493 e. The Morgan fingerprint density at radius 1 is 1.47 bits per heavy atom. The smallest absolute Gasteiger partial charge is 0.124 e. The number of fused-ring (bicyclic) bond motifs is 1. The zero-order valence-corrected chi connectivity index (χ0v) is 11.7. The molecule has 1 heterocycles. The third-order valence-electron chi connectivity index (χ3n) is 3.50. The summed E-state index contributed by atoms with van der Waals surface area (Å²) in [5.74, 6) is 1.47. The summed E-state index contributed by atoms with van der Waals surface area (Å²) in [7, 11) is 0. The van der Waals surface area contributed by atoms with Gasteiger partial charge in [0.15, 0.2) is 0 Å². The van der Waals surface area contributed by atoms with E-state index >= 15 is 0 Å². The van der Waals surface area contributed by atoms with Crippen molar-refractivity contribution < 1.29 is 4.74 Å². The van der Waals surface area contributed by atoms with Gasteiger partial charge in [-0.1, -0.05) is 25.4 Å². The molecule has 0 bridgehead atoms. The molecule has 17 heavy (non-hydrogen) atoms. The van der Waals surface area contributed by atoms with Gasteiger partial charge in [-0.15, -0.1) is 0 Å². The van der Waals surface area contributed by atoms with E-state index in [1.807, 2.05) is 6.92 Å². The number of hydrogen-bond donors (Lipinski definition) is 1. The van der Waals surface area contributed by atoms with Gasteiger partial charge in [-0.3, -0.25) is 0 Å². The van der Waals surface area contributed by atoms with E-state index in [1.165, 1.54) is 5.56 Å². The molecule has 1 N–H and O–H groups in total. The second-order valence-electron chi connectivity index (χ2n) is 4.87. The minimum absolute atomic E-state index is 0.349. The SMILES string of the molecule is CCNC1c2c(cc(C)c(Cl)c2C)OCC1C. The number of rotatable bonds is 2. The first kappa shape index (κ1) is 12.7. The molecule has 0 saturated heterocycles. The van der Waals surface area contributed by atoms with Gasteiger partial charge in [-0.2, -0.15) is 0 Å². The van der Waals surface area contributed by atoms with Gasteiger partial charge in [0, 0.05) is 22.5 Å². The Kier molecular flexibility index (Phi) is 3.64. The van der Waals surface area contributed by atoms with Crippen molar-refractivity contribution in [3.05, 3.63) is 27.8 Å². The van der Waals surface area contributed by atoms with Crippen LogP contribution in [0, 0.1) is 19.8 Å². The molecule has 0 aliphatic carbocycles. The fourth-order valence-corrected chi connectivity index (χ4v) is 2.72. The van der Waals surface area contributed by atoms with Crippen LogP contribution in [0.5, 0.6) is 5.75 Å². The largest absolute Gasteiger partial charge is 0.493 e. The predicted octanol–water partition coefficient (Wildman–Crippen LogP) is 3.64. The molecule has 94 valence electrons. The highest BCUT2D eigenvalue weighted by atomic mass is 35.5. The quantitative estimate of drug-likeness (QED) is 0.869. The third-order valence-corrected chi connectivity index (χ3v) is 4.08. The predicted molar refractivity (Wildman–Crippen MR) is 72.0 cm³/mol. The maximum atomic E-state index is 6.34. The molecule has 1 aliphatic heterocycles. The fourth-order valence-electron chi connectivity index (χ4n) is 2.57. The highest BCUT2D eigenvalue weighted by Gasteiger charge is 2.30. The van der Waals surface area contributed by atoms with Crippen LogP contribution >= 0.6 is 11.6 Å². The van der Waals surface area contributed by atoms with Crippen LogP contribution in [-0.2, 0) is 0 Å². The Hall–Kier alpha value is -0.730. The zero-order chi connectivity index (χ0) is 12.6. The van der Waals surface area contributed by atoms with Gasteiger partial charge in [0.25, 0.3) is 0 Å². The van der Waals surface area contributed by atoms with Crippen molar-refractivity contribution >= 4 is 11.6 Å². The molecular formula is C14H20ClNO. The van der Waals surface area contributed by atoms with Crippen LogP contribution < -0.4 is 10.1 Å². The highest BCUT2D eigenvalue weighted by Crippen LogP contribution is 2.41. The van der Waals surface area contributed by atoms with E-state index in [1.54, 1.807) is 0 Å². The second-order valence-corrected chi connectivity index (χ2v) is 5.25. The molecule has 0 aromatic heterocycles. The van der Waals surface area contributed by atoms with Crippen LogP contribution in [0.25, 0.3) is 0 Å². The summed E-state index contributed by atoms with van der Waals surface area (Å²) in [5, 5.41) is 4.40. The highest BCUT2D eigenvalue weighted by molar-refractivity contribution is 6.32.